The summed E-state index contributed by atoms with van der Waals surface area (Å²) in [5.74, 6) is 0.694. The van der Waals surface area contributed by atoms with E-state index in [0.29, 0.717) is 17.7 Å². The summed E-state index contributed by atoms with van der Waals surface area (Å²) in [4.78, 5) is 15.8. The molecule has 3 aromatic carbocycles. The molecular formula is C28H29N3O2. The lowest BCUT2D eigenvalue weighted by Gasteiger charge is -2.35. The van der Waals surface area contributed by atoms with Gasteiger partial charge in [-0.1, -0.05) is 55.0 Å². The smallest absolute Gasteiger partial charge is 0.251 e. The zero-order chi connectivity index (χ0) is 23.0. The van der Waals surface area contributed by atoms with Gasteiger partial charge in [-0.05, 0) is 61.3 Å². The molecule has 0 bridgehead atoms. The van der Waals surface area contributed by atoms with E-state index in [-0.39, 0.29) is 11.9 Å². The van der Waals surface area contributed by atoms with Crippen molar-refractivity contribution >= 4 is 5.91 Å². The van der Waals surface area contributed by atoms with Crippen molar-refractivity contribution in [1.29, 1.82) is 5.26 Å². The van der Waals surface area contributed by atoms with Gasteiger partial charge in [0.05, 0.1) is 24.8 Å². The number of ether oxygens (including phenoxy) is 1. The van der Waals surface area contributed by atoms with Crippen molar-refractivity contribution in [3.05, 3.63) is 89.5 Å². The van der Waals surface area contributed by atoms with Crippen molar-refractivity contribution < 1.29 is 9.53 Å². The highest BCUT2D eigenvalue weighted by Gasteiger charge is 2.24. The third-order valence-corrected chi connectivity index (χ3v) is 6.30. The summed E-state index contributed by atoms with van der Waals surface area (Å²) in [5.41, 5.74) is 3.84. The summed E-state index contributed by atoms with van der Waals surface area (Å²) in [6.07, 6.45) is 3.60. The Morgan fingerprint density at radius 3 is 2.33 bits per heavy atom. The van der Waals surface area contributed by atoms with Gasteiger partial charge in [0, 0.05) is 17.7 Å². The first kappa shape index (κ1) is 22.6. The van der Waals surface area contributed by atoms with E-state index in [4.69, 9.17) is 4.74 Å². The highest BCUT2D eigenvalue weighted by Crippen LogP contribution is 2.28. The molecule has 1 saturated heterocycles. The number of carbonyl (C=O) groups excluding carboxylic acids is 1. The zero-order valence-electron chi connectivity index (χ0n) is 19.0. The molecule has 0 aromatic heterocycles. The number of carbonyl (C=O) groups is 1. The van der Waals surface area contributed by atoms with E-state index in [9.17, 15) is 10.1 Å². The number of nitrogens with one attached hydrogen (secondary N) is 1. The maximum absolute atomic E-state index is 13.3. The third kappa shape index (κ3) is 5.24. The molecule has 1 amide bonds. The van der Waals surface area contributed by atoms with Gasteiger partial charge in [-0.15, -0.1) is 0 Å². The predicted octanol–water partition coefficient (Wildman–Crippen LogP) is 5.19. The lowest BCUT2D eigenvalue weighted by atomic mass is 9.95. The van der Waals surface area contributed by atoms with Crippen molar-refractivity contribution in [3.8, 4) is 22.9 Å². The van der Waals surface area contributed by atoms with Crippen LogP contribution in [0.15, 0.2) is 72.8 Å². The summed E-state index contributed by atoms with van der Waals surface area (Å²) >= 11 is 0. The first-order chi connectivity index (χ1) is 16.2. The Hall–Kier alpha value is -3.62. The Balaban J connectivity index is 1.57. The first-order valence-electron chi connectivity index (χ1n) is 11.5. The molecule has 4 rings (SSSR count). The Morgan fingerprint density at radius 1 is 0.970 bits per heavy atom. The van der Waals surface area contributed by atoms with Gasteiger partial charge in [-0.3, -0.25) is 9.69 Å². The normalized spacial score (nSPS) is 14.8. The van der Waals surface area contributed by atoms with Crippen LogP contribution in [-0.2, 0) is 0 Å². The Labute approximate surface area is 195 Å². The SMILES string of the molecule is COc1ccc(C(CNC(=O)c2ccccc2-c2ccccc2C#N)N2CCCCC2)cc1. The van der Waals surface area contributed by atoms with Crippen LogP contribution in [-0.4, -0.2) is 37.6 Å². The molecule has 0 aliphatic carbocycles. The molecule has 1 aliphatic rings. The van der Waals surface area contributed by atoms with Crippen molar-refractivity contribution in [1.82, 2.24) is 10.2 Å². The second-order valence-electron chi connectivity index (χ2n) is 8.30. The third-order valence-electron chi connectivity index (χ3n) is 6.30. The molecule has 0 spiro atoms. The number of methoxy groups -OCH3 is 1. The van der Waals surface area contributed by atoms with Crippen molar-refractivity contribution in [2.75, 3.05) is 26.7 Å². The molecule has 0 saturated carbocycles. The summed E-state index contributed by atoms with van der Waals surface area (Å²) in [7, 11) is 1.67. The molecule has 1 unspecified atom stereocenters. The maximum atomic E-state index is 13.3. The van der Waals surface area contributed by atoms with Crippen LogP contribution in [0, 0.1) is 11.3 Å². The molecule has 168 valence electrons. The Kier molecular flexibility index (Phi) is 7.39. The zero-order valence-corrected chi connectivity index (χ0v) is 19.0. The van der Waals surface area contributed by atoms with E-state index in [2.05, 4.69) is 28.4 Å². The van der Waals surface area contributed by atoms with Crippen LogP contribution in [0.1, 0.15) is 46.8 Å². The van der Waals surface area contributed by atoms with Gasteiger partial charge in [-0.2, -0.15) is 5.26 Å². The molecule has 1 aliphatic heterocycles. The topological polar surface area (TPSA) is 65.4 Å². The number of hydrogen-bond acceptors (Lipinski definition) is 4. The van der Waals surface area contributed by atoms with E-state index in [0.717, 1.165) is 30.0 Å². The lowest BCUT2D eigenvalue weighted by molar-refractivity contribution is 0.0925. The molecule has 5 heteroatoms. The molecule has 1 fully saturated rings. The van der Waals surface area contributed by atoms with Gasteiger partial charge in [0.25, 0.3) is 5.91 Å². The number of rotatable bonds is 7. The minimum atomic E-state index is -0.131. The number of piperidine rings is 1. The van der Waals surface area contributed by atoms with Gasteiger partial charge >= 0.3 is 0 Å². The summed E-state index contributed by atoms with van der Waals surface area (Å²) in [6, 6.07) is 25.3. The van der Waals surface area contributed by atoms with Gasteiger partial charge < -0.3 is 10.1 Å². The molecule has 0 radical (unpaired) electrons. The van der Waals surface area contributed by atoms with Crippen LogP contribution in [0.5, 0.6) is 5.75 Å². The van der Waals surface area contributed by atoms with Crippen LogP contribution in [0.2, 0.25) is 0 Å². The van der Waals surface area contributed by atoms with Crippen LogP contribution in [0.3, 0.4) is 0 Å². The largest absolute Gasteiger partial charge is 0.497 e. The molecular weight excluding hydrogens is 410 g/mol. The Morgan fingerprint density at radius 2 is 1.64 bits per heavy atom. The van der Waals surface area contributed by atoms with E-state index in [1.807, 2.05) is 54.6 Å². The number of nitrogens with zero attached hydrogens (tertiary/aromatic N) is 2. The van der Waals surface area contributed by atoms with Crippen LogP contribution < -0.4 is 10.1 Å². The second kappa shape index (κ2) is 10.8. The fourth-order valence-corrected chi connectivity index (χ4v) is 4.53. The van der Waals surface area contributed by atoms with Crippen LogP contribution in [0.25, 0.3) is 11.1 Å². The summed E-state index contributed by atoms with van der Waals surface area (Å²) in [6.45, 7) is 2.57. The van der Waals surface area contributed by atoms with Gasteiger partial charge in [0.2, 0.25) is 0 Å². The number of benzene rings is 3. The molecule has 33 heavy (non-hydrogen) atoms. The van der Waals surface area contributed by atoms with Crippen LogP contribution in [0.4, 0.5) is 0 Å². The summed E-state index contributed by atoms with van der Waals surface area (Å²) < 4.78 is 5.32. The number of nitriles is 1. The van der Waals surface area contributed by atoms with E-state index < -0.39 is 0 Å². The number of likely N-dealkylation sites (tertiary alicyclic amines) is 1. The Bertz CT molecular complexity index is 1130. The minimum absolute atomic E-state index is 0.0960. The fraction of sp³-hybridized carbons (Fsp3) is 0.286. The quantitative estimate of drug-likeness (QED) is 0.550. The van der Waals surface area contributed by atoms with Gasteiger partial charge in [0.1, 0.15) is 5.75 Å². The number of hydrogen-bond donors (Lipinski definition) is 1. The highest BCUT2D eigenvalue weighted by atomic mass is 16.5. The van der Waals surface area contributed by atoms with E-state index in [1.54, 1.807) is 13.2 Å². The highest BCUT2D eigenvalue weighted by molar-refractivity contribution is 6.01. The summed E-state index contributed by atoms with van der Waals surface area (Å²) in [5, 5.41) is 12.7. The lowest BCUT2D eigenvalue weighted by Crippen LogP contribution is -2.40. The fourth-order valence-electron chi connectivity index (χ4n) is 4.53. The van der Waals surface area contributed by atoms with Crippen molar-refractivity contribution in [2.45, 2.75) is 25.3 Å². The van der Waals surface area contributed by atoms with Crippen molar-refractivity contribution in [3.63, 3.8) is 0 Å². The average Bonchev–Trinajstić information content (AvgIpc) is 2.89. The monoisotopic (exact) mass is 439 g/mol. The van der Waals surface area contributed by atoms with Gasteiger partial charge in [0.15, 0.2) is 0 Å². The maximum Gasteiger partial charge on any atom is 0.251 e. The molecule has 5 nitrogen and oxygen atoms in total. The molecule has 3 aromatic rings. The van der Waals surface area contributed by atoms with Gasteiger partial charge in [-0.25, -0.2) is 0 Å². The average molecular weight is 440 g/mol. The van der Waals surface area contributed by atoms with E-state index >= 15 is 0 Å². The first-order valence-corrected chi connectivity index (χ1v) is 11.5. The standard InChI is InChI=1S/C28H29N3O2/c1-33-23-15-13-21(14-16-23)27(31-17-7-2-8-18-31)20-30-28(32)26-12-6-5-11-25(26)24-10-4-3-9-22(24)19-29/h3-6,9-16,27H,2,7-8,17-18,20H2,1H3,(H,30,32). The molecule has 1 N–H and O–H groups in total. The molecule has 1 atom stereocenters. The predicted molar refractivity (Wildman–Crippen MR) is 130 cm³/mol. The number of amides is 1. The van der Waals surface area contributed by atoms with E-state index in [1.165, 1.54) is 24.8 Å². The minimum Gasteiger partial charge on any atom is -0.497 e. The molecule has 1 heterocycles. The van der Waals surface area contributed by atoms with Crippen molar-refractivity contribution in [2.24, 2.45) is 0 Å². The van der Waals surface area contributed by atoms with Crippen LogP contribution >= 0.6 is 0 Å². The second-order valence-corrected chi connectivity index (χ2v) is 8.30.